The molecule has 0 radical (unpaired) electrons. The molecule has 4 heterocycles. The van der Waals surface area contributed by atoms with Gasteiger partial charge in [0.2, 0.25) is 0 Å². The van der Waals surface area contributed by atoms with E-state index in [4.69, 9.17) is 56.4 Å². The van der Waals surface area contributed by atoms with Gasteiger partial charge in [-0.1, -0.05) is 134 Å². The second-order valence-corrected chi connectivity index (χ2v) is 28.6. The number of aliphatic hydroxyl groups excluding tert-OH is 17. The molecule has 4 saturated heterocycles. The number of carbonyl (C=O) groups excluding carboxylic acids is 2. The lowest BCUT2D eigenvalue weighted by Crippen LogP contribution is -2.69. The Hall–Kier alpha value is -2.73. The molecule has 28 atom stereocenters. The maximum Gasteiger partial charge on any atom is 0.472 e. The van der Waals surface area contributed by atoms with Gasteiger partial charge in [-0.25, -0.2) is 4.57 Å². The molecular weight excluding hydrogens is 1390 g/mol. The van der Waals surface area contributed by atoms with Gasteiger partial charge < -0.3 is 139 Å². The van der Waals surface area contributed by atoms with Crippen LogP contribution < -0.4 is 0 Å². The summed E-state index contributed by atoms with van der Waals surface area (Å²) in [6.45, 7) is -0.971. The minimum absolute atomic E-state index is 0.0238. The average Bonchev–Trinajstić information content (AvgIpc) is 0.758. The fourth-order valence-electron chi connectivity index (χ4n) is 12.4. The molecule has 4 aliphatic heterocycles. The van der Waals surface area contributed by atoms with Gasteiger partial charge in [-0.15, -0.1) is 0 Å². The number of allylic oxidation sites excluding steroid dienone is 6. The SMILES string of the molecule is CCCCC/C=C\C/C=C\CCCCCCCC(=O)OC[C@H](COP(=O)(O)O[C@@H]1C(O[C@@H]2OC(CO[C@@H]3OC(CO[C@@H]4OC(CO)[C@H](O)C(O)[C@@H]4O)[C@H](O)C(O)[C@@H]3O)[C@H](O)C(O)[C@@H]2O)C(O)[C@@H](O)C(O)[C@H]1O[C@H]1OC(CO)[C@@H](O)C(O)[C@H]1O)OC(=O)CCCCCCC/C=C\CCCCCCCC. The number of rotatable bonds is 49. The standard InChI is InChI=1S/C69H121O33P/c1-3-5-7-9-11-13-15-17-19-21-23-25-27-29-31-33-46(72)91-37-41(95-47(73)34-32-30-28-26-24-22-20-18-16-14-12-10-8-6-4-2)38-94-103(89,90)102-65-63(100-68-61(87)53(79)49(75)43(36-71)97-68)57(83)56(82)58(84)64(65)101-69-62(88)55(81)51(77)45(99-69)40-93-67-60(86)54(80)50(76)44(98-67)39-92-66-59(85)52(78)48(74)42(35-70)96-66/h11,13,17-20,41-45,48-71,74-88H,3-10,12,14-16,21-40H2,1-2H3,(H,89,90)/b13-11-,19-17-,20-18-/t41-,42?,43?,44?,45?,48+,49-,50+,51+,52?,53?,54?,55?,56+,57?,58?,59+,60+,61-,62+,63-,64?,65+,66-,67-,68-,69+/m1/s1. The van der Waals surface area contributed by atoms with Gasteiger partial charge >= 0.3 is 19.8 Å². The minimum Gasteiger partial charge on any atom is -0.462 e. The monoisotopic (exact) mass is 1510 g/mol. The molecule has 0 aromatic rings. The Morgan fingerprint density at radius 3 is 1.17 bits per heavy atom. The smallest absolute Gasteiger partial charge is 0.462 e. The van der Waals surface area contributed by atoms with Crippen LogP contribution >= 0.6 is 7.82 Å². The quantitative estimate of drug-likeness (QED) is 0.0164. The molecule has 0 aromatic heterocycles. The number of phosphoric ester groups is 1. The lowest BCUT2D eigenvalue weighted by atomic mass is 9.84. The van der Waals surface area contributed by atoms with Crippen LogP contribution in [0.2, 0.25) is 0 Å². The van der Waals surface area contributed by atoms with Crippen LogP contribution in [0, 0.1) is 0 Å². The van der Waals surface area contributed by atoms with Crippen LogP contribution in [0.25, 0.3) is 0 Å². The van der Waals surface area contributed by atoms with Crippen molar-refractivity contribution in [3.8, 4) is 0 Å². The van der Waals surface area contributed by atoms with Crippen LogP contribution in [0.5, 0.6) is 0 Å². The molecule has 5 fully saturated rings. The molecule has 0 aromatic carbocycles. The van der Waals surface area contributed by atoms with E-state index in [1.807, 2.05) is 0 Å². The molecule has 5 rings (SSSR count). The zero-order valence-corrected chi connectivity index (χ0v) is 60.2. The van der Waals surface area contributed by atoms with Gasteiger partial charge in [0.25, 0.3) is 0 Å². The third-order valence-electron chi connectivity index (χ3n) is 18.9. The van der Waals surface area contributed by atoms with Gasteiger partial charge in [0, 0.05) is 12.8 Å². The highest BCUT2D eigenvalue weighted by Crippen LogP contribution is 2.49. The van der Waals surface area contributed by atoms with E-state index in [1.54, 1.807) is 0 Å². The van der Waals surface area contributed by atoms with E-state index in [0.29, 0.717) is 25.7 Å². The number of esters is 2. The van der Waals surface area contributed by atoms with Gasteiger partial charge in [-0.3, -0.25) is 18.6 Å². The molecule has 34 heteroatoms. The van der Waals surface area contributed by atoms with E-state index in [-0.39, 0.29) is 12.8 Å². The minimum atomic E-state index is -5.83. The molecular formula is C69H121O33P. The molecule has 0 bridgehead atoms. The first-order valence-corrected chi connectivity index (χ1v) is 38.3. The summed E-state index contributed by atoms with van der Waals surface area (Å²) in [5, 5.41) is 184. The van der Waals surface area contributed by atoms with Crippen molar-refractivity contribution in [1.29, 1.82) is 0 Å². The highest BCUT2D eigenvalue weighted by Gasteiger charge is 2.59. The molecule has 33 nitrogen and oxygen atoms in total. The van der Waals surface area contributed by atoms with E-state index in [1.165, 1.54) is 51.4 Å². The van der Waals surface area contributed by atoms with Gasteiger partial charge in [-0.2, -0.15) is 0 Å². The van der Waals surface area contributed by atoms with E-state index < -0.39 is 225 Å². The number of ether oxygens (including phenoxy) is 10. The Bertz CT molecular complexity index is 2450. The molecule has 1 saturated carbocycles. The number of carbonyl (C=O) groups is 2. The Labute approximate surface area is 602 Å². The third kappa shape index (κ3) is 29.9. The van der Waals surface area contributed by atoms with Crippen molar-refractivity contribution in [2.24, 2.45) is 0 Å². The Morgan fingerprint density at radius 2 is 0.728 bits per heavy atom. The molecule has 0 spiro atoms. The van der Waals surface area contributed by atoms with Crippen molar-refractivity contribution < 1.29 is 162 Å². The van der Waals surface area contributed by atoms with Crippen LogP contribution in [0.3, 0.4) is 0 Å². The summed E-state index contributed by atoms with van der Waals surface area (Å²) in [7, 11) is -5.83. The molecule has 12 unspecified atom stereocenters. The van der Waals surface area contributed by atoms with Crippen LogP contribution in [0.4, 0.5) is 0 Å². The molecule has 18 N–H and O–H groups in total. The fourth-order valence-corrected chi connectivity index (χ4v) is 13.4. The summed E-state index contributed by atoms with van der Waals surface area (Å²) in [5.41, 5.74) is 0. The second-order valence-electron chi connectivity index (χ2n) is 27.2. The van der Waals surface area contributed by atoms with Crippen molar-refractivity contribution >= 4 is 19.8 Å². The van der Waals surface area contributed by atoms with Crippen LogP contribution in [0.1, 0.15) is 181 Å². The predicted octanol–water partition coefficient (Wildman–Crippen LogP) is -0.0905. The summed E-state index contributed by atoms with van der Waals surface area (Å²) < 4.78 is 81.4. The van der Waals surface area contributed by atoms with E-state index >= 15 is 0 Å². The topological polar surface area (TPSA) is 526 Å². The number of hydrogen-bond donors (Lipinski definition) is 18. The second kappa shape index (κ2) is 48.7. The van der Waals surface area contributed by atoms with Crippen molar-refractivity contribution in [3.05, 3.63) is 36.5 Å². The largest absolute Gasteiger partial charge is 0.472 e. The summed E-state index contributed by atoms with van der Waals surface area (Å²) in [6.07, 6.45) is -19.7. The normalized spacial score (nSPS) is 36.2. The maximum atomic E-state index is 14.4. The maximum absolute atomic E-state index is 14.4. The Balaban J connectivity index is 1.29. The summed E-state index contributed by atoms with van der Waals surface area (Å²) in [5.74, 6) is -1.48. The fraction of sp³-hybridized carbons (Fsp3) is 0.884. The van der Waals surface area contributed by atoms with E-state index in [0.717, 1.165) is 77.0 Å². The van der Waals surface area contributed by atoms with Crippen molar-refractivity contribution in [2.75, 3.05) is 39.6 Å². The van der Waals surface area contributed by atoms with Crippen molar-refractivity contribution in [2.45, 2.75) is 346 Å². The highest BCUT2D eigenvalue weighted by atomic mass is 31.2. The van der Waals surface area contributed by atoms with E-state index in [9.17, 15) is 106 Å². The lowest BCUT2D eigenvalue weighted by Gasteiger charge is -2.49. The number of phosphoric acid groups is 1. The van der Waals surface area contributed by atoms with Crippen LogP contribution in [-0.4, -0.2) is 309 Å². The van der Waals surface area contributed by atoms with Crippen molar-refractivity contribution in [1.82, 2.24) is 0 Å². The zero-order chi connectivity index (χ0) is 75.6. The Kier molecular flexibility index (Phi) is 43.0. The third-order valence-corrected chi connectivity index (χ3v) is 19.9. The van der Waals surface area contributed by atoms with Gasteiger partial charge in [0.1, 0.15) is 141 Å². The average molecular weight is 1510 g/mol. The van der Waals surface area contributed by atoms with Crippen LogP contribution in [-0.2, 0) is 70.6 Å². The van der Waals surface area contributed by atoms with Gasteiger partial charge in [0.15, 0.2) is 31.3 Å². The number of hydrogen-bond acceptors (Lipinski definition) is 32. The molecule has 1 aliphatic carbocycles. The first-order chi connectivity index (χ1) is 49.3. The van der Waals surface area contributed by atoms with Gasteiger partial charge in [-0.05, 0) is 70.6 Å². The Morgan fingerprint density at radius 1 is 0.388 bits per heavy atom. The summed E-state index contributed by atoms with van der Waals surface area (Å²) in [4.78, 5) is 38.2. The van der Waals surface area contributed by atoms with E-state index in [2.05, 4.69) is 50.3 Å². The molecule has 600 valence electrons. The zero-order valence-electron chi connectivity index (χ0n) is 59.3. The number of unbranched alkanes of at least 4 members (excludes halogenated alkanes) is 19. The predicted molar refractivity (Wildman–Crippen MR) is 361 cm³/mol. The summed E-state index contributed by atoms with van der Waals surface area (Å²) >= 11 is 0. The first-order valence-electron chi connectivity index (χ1n) is 36.8. The molecule has 0 amide bonds. The summed E-state index contributed by atoms with van der Waals surface area (Å²) in [6, 6.07) is 0. The lowest BCUT2D eigenvalue weighted by molar-refractivity contribution is -0.365. The molecule has 103 heavy (non-hydrogen) atoms. The van der Waals surface area contributed by atoms with Gasteiger partial charge in [0.05, 0.1) is 33.0 Å². The van der Waals surface area contributed by atoms with Crippen molar-refractivity contribution in [3.63, 3.8) is 0 Å². The molecule has 5 aliphatic rings. The van der Waals surface area contributed by atoms with Crippen LogP contribution in [0.15, 0.2) is 36.5 Å². The highest BCUT2D eigenvalue weighted by molar-refractivity contribution is 7.47. The number of aliphatic hydroxyl groups is 17. The first kappa shape index (κ1) is 90.9.